The predicted molar refractivity (Wildman–Crippen MR) is 77.2 cm³/mol. The Morgan fingerprint density at radius 2 is 2.05 bits per heavy atom. The van der Waals surface area contributed by atoms with Crippen molar-refractivity contribution in [2.75, 3.05) is 53.5 Å². The highest BCUT2D eigenvalue weighted by atomic mass is 16.5. The van der Waals surface area contributed by atoms with Crippen molar-refractivity contribution >= 4 is 5.91 Å². The summed E-state index contributed by atoms with van der Waals surface area (Å²) in [5.74, 6) is 0.233. The van der Waals surface area contributed by atoms with E-state index >= 15 is 0 Å². The molecular formula is C14H29N3O2. The molecule has 1 aliphatic rings. The second-order valence-electron chi connectivity index (χ2n) is 5.44. The van der Waals surface area contributed by atoms with Gasteiger partial charge in [0.05, 0.1) is 12.0 Å². The summed E-state index contributed by atoms with van der Waals surface area (Å²) in [6, 6.07) is 0. The van der Waals surface area contributed by atoms with E-state index in [-0.39, 0.29) is 11.3 Å². The molecule has 2 N–H and O–H groups in total. The van der Waals surface area contributed by atoms with Crippen LogP contribution in [0, 0.1) is 5.41 Å². The SMILES string of the molecule is CCC1(C(=O)NCCN(C)CCOC)CCNCC1. The zero-order valence-corrected chi connectivity index (χ0v) is 12.6. The van der Waals surface area contributed by atoms with Crippen LogP contribution in [0.1, 0.15) is 26.2 Å². The first-order chi connectivity index (χ1) is 9.14. The lowest BCUT2D eigenvalue weighted by molar-refractivity contribution is -0.132. The van der Waals surface area contributed by atoms with Crippen LogP contribution in [0.15, 0.2) is 0 Å². The number of hydrogen-bond acceptors (Lipinski definition) is 4. The van der Waals surface area contributed by atoms with E-state index < -0.39 is 0 Å². The number of rotatable bonds is 8. The molecule has 0 spiro atoms. The monoisotopic (exact) mass is 271 g/mol. The molecule has 0 unspecified atom stereocenters. The third-order valence-corrected chi connectivity index (χ3v) is 4.18. The van der Waals surface area contributed by atoms with Crippen molar-refractivity contribution < 1.29 is 9.53 Å². The number of methoxy groups -OCH3 is 1. The summed E-state index contributed by atoms with van der Waals surface area (Å²) in [5, 5.41) is 6.43. The Morgan fingerprint density at radius 3 is 2.63 bits per heavy atom. The number of nitrogens with zero attached hydrogens (tertiary/aromatic N) is 1. The van der Waals surface area contributed by atoms with Gasteiger partial charge in [-0.1, -0.05) is 6.92 Å². The molecule has 19 heavy (non-hydrogen) atoms. The van der Waals surface area contributed by atoms with Crippen molar-refractivity contribution in [3.05, 3.63) is 0 Å². The normalized spacial score (nSPS) is 18.5. The maximum Gasteiger partial charge on any atom is 0.226 e. The molecule has 5 heteroatoms. The molecule has 1 saturated heterocycles. The van der Waals surface area contributed by atoms with Gasteiger partial charge < -0.3 is 20.3 Å². The number of hydrogen-bond donors (Lipinski definition) is 2. The largest absolute Gasteiger partial charge is 0.383 e. The van der Waals surface area contributed by atoms with Gasteiger partial charge in [0.15, 0.2) is 0 Å². The van der Waals surface area contributed by atoms with E-state index in [4.69, 9.17) is 4.74 Å². The summed E-state index contributed by atoms with van der Waals surface area (Å²) >= 11 is 0. The Hall–Kier alpha value is -0.650. The van der Waals surface area contributed by atoms with E-state index in [1.807, 2.05) is 7.05 Å². The zero-order chi connectivity index (χ0) is 14.1. The number of nitrogens with one attached hydrogen (secondary N) is 2. The lowest BCUT2D eigenvalue weighted by Crippen LogP contribution is -2.48. The summed E-state index contributed by atoms with van der Waals surface area (Å²) in [4.78, 5) is 14.5. The second kappa shape index (κ2) is 8.51. The lowest BCUT2D eigenvalue weighted by atomic mass is 9.76. The standard InChI is InChI=1S/C14H29N3O2/c1-4-14(5-7-15-8-6-14)13(18)16-9-10-17(2)11-12-19-3/h15H,4-12H2,1-3H3,(H,16,18). The minimum Gasteiger partial charge on any atom is -0.383 e. The molecule has 0 aromatic heterocycles. The maximum atomic E-state index is 12.4. The number of ether oxygens (including phenoxy) is 1. The highest BCUT2D eigenvalue weighted by molar-refractivity contribution is 5.82. The molecule has 0 aromatic rings. The minimum atomic E-state index is -0.143. The first-order valence-corrected chi connectivity index (χ1v) is 7.31. The van der Waals surface area contributed by atoms with Crippen molar-refractivity contribution in [2.45, 2.75) is 26.2 Å². The molecule has 0 aliphatic carbocycles. The van der Waals surface area contributed by atoms with E-state index in [0.717, 1.165) is 52.0 Å². The molecule has 0 bridgehead atoms. The molecule has 5 nitrogen and oxygen atoms in total. The smallest absolute Gasteiger partial charge is 0.226 e. The van der Waals surface area contributed by atoms with Gasteiger partial charge in [0.1, 0.15) is 0 Å². The highest BCUT2D eigenvalue weighted by Gasteiger charge is 2.37. The molecule has 1 rings (SSSR count). The van der Waals surface area contributed by atoms with Gasteiger partial charge >= 0.3 is 0 Å². The fraction of sp³-hybridized carbons (Fsp3) is 0.929. The van der Waals surface area contributed by atoms with Crippen LogP contribution in [0.3, 0.4) is 0 Å². The van der Waals surface area contributed by atoms with Crippen LogP contribution in [-0.2, 0) is 9.53 Å². The van der Waals surface area contributed by atoms with Crippen LogP contribution in [0.5, 0.6) is 0 Å². The van der Waals surface area contributed by atoms with Gasteiger partial charge in [-0.15, -0.1) is 0 Å². The van der Waals surface area contributed by atoms with Crippen LogP contribution in [0.2, 0.25) is 0 Å². The van der Waals surface area contributed by atoms with Crippen molar-refractivity contribution in [3.8, 4) is 0 Å². The molecular weight excluding hydrogens is 242 g/mol. The predicted octanol–water partition coefficient (Wildman–Crippen LogP) is 0.461. The Balaban J connectivity index is 2.29. The van der Waals surface area contributed by atoms with Gasteiger partial charge in [0.25, 0.3) is 0 Å². The van der Waals surface area contributed by atoms with E-state index in [1.54, 1.807) is 7.11 Å². The summed E-state index contributed by atoms with van der Waals surface area (Å²) in [5.41, 5.74) is -0.143. The van der Waals surface area contributed by atoms with Crippen LogP contribution in [-0.4, -0.2) is 64.3 Å². The molecule has 0 saturated carbocycles. The quantitative estimate of drug-likeness (QED) is 0.673. The third-order valence-electron chi connectivity index (χ3n) is 4.18. The van der Waals surface area contributed by atoms with Gasteiger partial charge in [0, 0.05) is 26.7 Å². The molecule has 0 radical (unpaired) electrons. The van der Waals surface area contributed by atoms with Gasteiger partial charge in [-0.3, -0.25) is 4.79 Å². The number of carbonyl (C=O) groups excluding carboxylic acids is 1. The molecule has 112 valence electrons. The van der Waals surface area contributed by atoms with Crippen LogP contribution in [0.4, 0.5) is 0 Å². The molecule has 1 aliphatic heterocycles. The highest BCUT2D eigenvalue weighted by Crippen LogP contribution is 2.32. The number of piperidine rings is 1. The van der Waals surface area contributed by atoms with Crippen LogP contribution >= 0.6 is 0 Å². The molecule has 1 amide bonds. The van der Waals surface area contributed by atoms with E-state index in [1.165, 1.54) is 0 Å². The van der Waals surface area contributed by atoms with Crippen molar-refractivity contribution in [1.29, 1.82) is 0 Å². The maximum absolute atomic E-state index is 12.4. The minimum absolute atomic E-state index is 0.143. The Bertz CT molecular complexity index is 265. The van der Waals surface area contributed by atoms with Crippen molar-refractivity contribution in [3.63, 3.8) is 0 Å². The van der Waals surface area contributed by atoms with Gasteiger partial charge in [-0.2, -0.15) is 0 Å². The first kappa shape index (κ1) is 16.4. The summed E-state index contributed by atoms with van der Waals surface area (Å²) in [6.07, 6.45) is 2.84. The Kier molecular flexibility index (Phi) is 7.34. The first-order valence-electron chi connectivity index (χ1n) is 7.31. The Morgan fingerprint density at radius 1 is 1.37 bits per heavy atom. The van der Waals surface area contributed by atoms with Crippen LogP contribution in [0.25, 0.3) is 0 Å². The summed E-state index contributed by atoms with van der Waals surface area (Å²) in [6.45, 7) is 7.24. The van der Waals surface area contributed by atoms with Gasteiger partial charge in [0.2, 0.25) is 5.91 Å². The molecule has 0 atom stereocenters. The number of likely N-dealkylation sites (N-methyl/N-ethyl adjacent to an activating group) is 1. The topological polar surface area (TPSA) is 53.6 Å². The lowest BCUT2D eigenvalue weighted by Gasteiger charge is -2.35. The third kappa shape index (κ3) is 5.09. The van der Waals surface area contributed by atoms with E-state index in [9.17, 15) is 4.79 Å². The van der Waals surface area contributed by atoms with Gasteiger partial charge in [-0.25, -0.2) is 0 Å². The average Bonchev–Trinajstić information content (AvgIpc) is 2.45. The molecule has 1 fully saturated rings. The van der Waals surface area contributed by atoms with Gasteiger partial charge in [-0.05, 0) is 39.4 Å². The zero-order valence-electron chi connectivity index (χ0n) is 12.6. The van der Waals surface area contributed by atoms with E-state index in [0.29, 0.717) is 6.54 Å². The Labute approximate surface area is 117 Å². The van der Waals surface area contributed by atoms with Crippen molar-refractivity contribution in [1.82, 2.24) is 15.5 Å². The second-order valence-corrected chi connectivity index (χ2v) is 5.44. The van der Waals surface area contributed by atoms with E-state index in [2.05, 4.69) is 22.5 Å². The average molecular weight is 271 g/mol. The number of carbonyl (C=O) groups is 1. The molecule has 1 heterocycles. The summed E-state index contributed by atoms with van der Waals surface area (Å²) in [7, 11) is 3.75. The van der Waals surface area contributed by atoms with Crippen LogP contribution < -0.4 is 10.6 Å². The fourth-order valence-electron chi connectivity index (χ4n) is 2.55. The summed E-state index contributed by atoms with van der Waals surface area (Å²) < 4.78 is 5.03. The fourth-order valence-corrected chi connectivity index (χ4v) is 2.55. The number of amides is 1. The molecule has 0 aromatic carbocycles. The van der Waals surface area contributed by atoms with Crippen molar-refractivity contribution in [2.24, 2.45) is 5.41 Å².